The largest absolute Gasteiger partial charge is 0.261 e. The molecule has 0 bridgehead atoms. The van der Waals surface area contributed by atoms with Gasteiger partial charge in [0.15, 0.2) is 11.7 Å². The number of aliphatic imine (C=N–C) groups is 3. The zero-order valence-electron chi connectivity index (χ0n) is 23.9. The van der Waals surface area contributed by atoms with Crippen LogP contribution in [0.2, 0.25) is 0 Å². The van der Waals surface area contributed by atoms with Crippen LogP contribution in [0.3, 0.4) is 0 Å². The van der Waals surface area contributed by atoms with Crippen LogP contribution < -0.4 is 0 Å². The van der Waals surface area contributed by atoms with Crippen molar-refractivity contribution in [1.29, 1.82) is 0 Å². The minimum atomic E-state index is 0.546. The summed E-state index contributed by atoms with van der Waals surface area (Å²) in [6.07, 6.45) is 6.61. The maximum atomic E-state index is 4.98. The van der Waals surface area contributed by atoms with Crippen LogP contribution in [0.4, 0.5) is 0 Å². The number of hydrogen-bond donors (Lipinski definition) is 0. The monoisotopic (exact) mass is 553 g/mol. The molecule has 6 aromatic rings. The second kappa shape index (κ2) is 11.8. The van der Waals surface area contributed by atoms with Crippen molar-refractivity contribution >= 4 is 46.0 Å². The Morgan fingerprint density at radius 2 is 1.30 bits per heavy atom. The smallest absolute Gasteiger partial charge is 0.161 e. The Morgan fingerprint density at radius 3 is 2.12 bits per heavy atom. The summed E-state index contributed by atoms with van der Waals surface area (Å²) in [5.74, 6) is 1.20. The highest BCUT2D eigenvalue weighted by molar-refractivity contribution is 6.13. The molecular weight excluding hydrogens is 522 g/mol. The Bertz CT molecular complexity index is 2070. The molecule has 0 atom stereocenters. The molecule has 0 fully saturated rings. The summed E-state index contributed by atoms with van der Waals surface area (Å²) in [6.45, 7) is 4.41. The fourth-order valence-electron chi connectivity index (χ4n) is 5.76. The van der Waals surface area contributed by atoms with Gasteiger partial charge in [-0.05, 0) is 87.1 Å². The lowest BCUT2D eigenvalue weighted by Crippen LogP contribution is -2.05. The van der Waals surface area contributed by atoms with Crippen molar-refractivity contribution in [3.8, 4) is 11.1 Å². The standard InChI is InChI=1S/C40H31N3/c1-41-39(43-40(31-11-3-2-4-12-31)42-27-28-15-16-29-9-5-7-13-32(29)23-28)38-22-21-36-25-35(19-20-37(36)26-38)34-18-17-30-10-6-8-14-33(30)24-34/h2-6,8-12,14-26H,1,7,13,27H2/b42-40-,43-39-. The van der Waals surface area contributed by atoms with E-state index in [0.717, 1.165) is 34.7 Å². The van der Waals surface area contributed by atoms with Crippen molar-refractivity contribution in [2.75, 3.05) is 0 Å². The number of aryl methyl sites for hydroxylation is 1. The van der Waals surface area contributed by atoms with Gasteiger partial charge in [0.05, 0.1) is 6.54 Å². The van der Waals surface area contributed by atoms with Crippen LogP contribution in [-0.2, 0) is 13.0 Å². The molecule has 0 amide bonds. The second-order valence-electron chi connectivity index (χ2n) is 10.9. The van der Waals surface area contributed by atoms with Gasteiger partial charge >= 0.3 is 0 Å². The van der Waals surface area contributed by atoms with Gasteiger partial charge in [0.1, 0.15) is 0 Å². The van der Waals surface area contributed by atoms with Gasteiger partial charge in [0.2, 0.25) is 0 Å². The zero-order valence-corrected chi connectivity index (χ0v) is 23.9. The Morgan fingerprint density at radius 1 is 0.605 bits per heavy atom. The van der Waals surface area contributed by atoms with E-state index in [-0.39, 0.29) is 0 Å². The van der Waals surface area contributed by atoms with E-state index in [1.54, 1.807) is 0 Å². The van der Waals surface area contributed by atoms with Gasteiger partial charge in [0.25, 0.3) is 0 Å². The number of allylic oxidation sites excluding steroid dienone is 1. The van der Waals surface area contributed by atoms with Crippen LogP contribution in [0.25, 0.3) is 38.7 Å². The number of amidine groups is 2. The molecule has 3 nitrogen and oxygen atoms in total. The number of nitrogens with zero attached hydrogens (tertiary/aromatic N) is 3. The van der Waals surface area contributed by atoms with Crippen LogP contribution >= 0.6 is 0 Å². The summed E-state index contributed by atoms with van der Waals surface area (Å²) in [5.41, 5.74) is 8.12. The molecule has 3 heteroatoms. The fourth-order valence-corrected chi connectivity index (χ4v) is 5.76. The quantitative estimate of drug-likeness (QED) is 0.151. The summed E-state index contributed by atoms with van der Waals surface area (Å²) in [4.78, 5) is 14.3. The zero-order chi connectivity index (χ0) is 29.0. The molecule has 0 radical (unpaired) electrons. The summed E-state index contributed by atoms with van der Waals surface area (Å²) in [7, 11) is 0. The van der Waals surface area contributed by atoms with Crippen LogP contribution in [-0.4, -0.2) is 18.4 Å². The lowest BCUT2D eigenvalue weighted by Gasteiger charge is -2.12. The average Bonchev–Trinajstić information content (AvgIpc) is 3.08. The van der Waals surface area contributed by atoms with Gasteiger partial charge in [-0.1, -0.05) is 121 Å². The minimum absolute atomic E-state index is 0.546. The molecule has 0 unspecified atom stereocenters. The number of hydrogen-bond acceptors (Lipinski definition) is 1. The first-order valence-corrected chi connectivity index (χ1v) is 14.7. The fraction of sp³-hybridized carbons (Fsp3) is 0.0750. The van der Waals surface area contributed by atoms with Gasteiger partial charge in [-0.2, -0.15) is 0 Å². The minimum Gasteiger partial charge on any atom is -0.261 e. The summed E-state index contributed by atoms with van der Waals surface area (Å²) < 4.78 is 0. The maximum Gasteiger partial charge on any atom is 0.161 e. The van der Waals surface area contributed by atoms with Gasteiger partial charge in [-0.25, -0.2) is 9.98 Å². The van der Waals surface area contributed by atoms with Gasteiger partial charge < -0.3 is 0 Å². The predicted octanol–water partition coefficient (Wildman–Crippen LogP) is 9.71. The van der Waals surface area contributed by atoms with Crippen molar-refractivity contribution in [3.05, 3.63) is 161 Å². The van der Waals surface area contributed by atoms with E-state index in [2.05, 4.69) is 121 Å². The van der Waals surface area contributed by atoms with Crippen LogP contribution in [0.5, 0.6) is 0 Å². The van der Waals surface area contributed by atoms with Crippen molar-refractivity contribution in [3.63, 3.8) is 0 Å². The normalized spacial score (nSPS) is 13.3. The Kier molecular flexibility index (Phi) is 7.29. The maximum absolute atomic E-state index is 4.98. The van der Waals surface area contributed by atoms with E-state index < -0.39 is 0 Å². The molecule has 1 aliphatic rings. The van der Waals surface area contributed by atoms with E-state index in [0.29, 0.717) is 18.2 Å². The van der Waals surface area contributed by atoms with E-state index in [1.165, 1.54) is 38.6 Å². The van der Waals surface area contributed by atoms with E-state index in [1.807, 2.05) is 30.3 Å². The molecule has 0 N–H and O–H groups in total. The van der Waals surface area contributed by atoms with Gasteiger partial charge in [-0.3, -0.25) is 4.99 Å². The Balaban J connectivity index is 1.21. The first-order valence-electron chi connectivity index (χ1n) is 14.7. The van der Waals surface area contributed by atoms with Crippen molar-refractivity contribution < 1.29 is 0 Å². The Hall–Kier alpha value is -5.41. The summed E-state index contributed by atoms with van der Waals surface area (Å²) >= 11 is 0. The molecule has 43 heavy (non-hydrogen) atoms. The molecule has 206 valence electrons. The Labute approximate surface area is 252 Å². The van der Waals surface area contributed by atoms with Crippen LogP contribution in [0.1, 0.15) is 34.2 Å². The summed E-state index contributed by atoms with van der Waals surface area (Å²) in [6, 6.07) is 44.7. The second-order valence-corrected chi connectivity index (χ2v) is 10.9. The SMILES string of the molecule is C=N/C(=N\C(=N/Cc1ccc2c(c1)CCC=C2)c1ccccc1)c1ccc2cc(-c3ccc4ccccc4c3)ccc2c1. The number of benzene rings is 6. The van der Waals surface area contributed by atoms with Crippen LogP contribution in [0, 0.1) is 0 Å². The molecule has 6 aromatic carbocycles. The molecule has 0 saturated heterocycles. The molecule has 1 aliphatic carbocycles. The van der Waals surface area contributed by atoms with E-state index in [9.17, 15) is 0 Å². The lowest BCUT2D eigenvalue weighted by molar-refractivity contribution is 0.969. The van der Waals surface area contributed by atoms with E-state index >= 15 is 0 Å². The third-order valence-corrected chi connectivity index (χ3v) is 8.07. The third-order valence-electron chi connectivity index (χ3n) is 8.07. The number of fused-ring (bicyclic) bond motifs is 3. The highest BCUT2D eigenvalue weighted by Crippen LogP contribution is 2.28. The van der Waals surface area contributed by atoms with Crippen LogP contribution in [0.15, 0.2) is 148 Å². The molecule has 7 rings (SSSR count). The van der Waals surface area contributed by atoms with E-state index in [4.69, 9.17) is 9.98 Å². The highest BCUT2D eigenvalue weighted by atomic mass is 15.0. The molecular formula is C40H31N3. The first kappa shape index (κ1) is 26.5. The highest BCUT2D eigenvalue weighted by Gasteiger charge is 2.10. The average molecular weight is 554 g/mol. The third kappa shape index (κ3) is 5.71. The van der Waals surface area contributed by atoms with Gasteiger partial charge in [0, 0.05) is 11.1 Å². The molecule has 0 saturated carbocycles. The lowest BCUT2D eigenvalue weighted by atomic mass is 9.95. The number of rotatable bonds is 5. The van der Waals surface area contributed by atoms with Crippen molar-refractivity contribution in [2.45, 2.75) is 19.4 Å². The first-order chi connectivity index (χ1) is 21.2. The summed E-state index contributed by atoms with van der Waals surface area (Å²) in [5, 5.41) is 4.78. The molecule has 0 spiro atoms. The molecule has 0 aromatic heterocycles. The van der Waals surface area contributed by atoms with Gasteiger partial charge in [-0.15, -0.1) is 0 Å². The van der Waals surface area contributed by atoms with Crippen molar-refractivity contribution in [1.82, 2.24) is 0 Å². The van der Waals surface area contributed by atoms with Crippen molar-refractivity contribution in [2.24, 2.45) is 15.0 Å². The predicted molar refractivity (Wildman–Crippen MR) is 183 cm³/mol. The molecule has 0 aliphatic heterocycles. The molecule has 0 heterocycles. The topological polar surface area (TPSA) is 37.1 Å².